The molecule has 0 heterocycles. The van der Waals surface area contributed by atoms with Gasteiger partial charge in [0.25, 0.3) is 0 Å². The smallest absolute Gasteiger partial charge is 0.320 e. The van der Waals surface area contributed by atoms with Gasteiger partial charge in [-0.3, -0.25) is 14.4 Å². The zero-order valence-corrected chi connectivity index (χ0v) is 14.8. The third-order valence-electron chi connectivity index (χ3n) is 4.71. The van der Waals surface area contributed by atoms with Crippen molar-refractivity contribution in [3.8, 4) is 0 Å². The first-order valence-corrected chi connectivity index (χ1v) is 8.42. The summed E-state index contributed by atoms with van der Waals surface area (Å²) in [6.45, 7) is 2.04. The van der Waals surface area contributed by atoms with E-state index >= 15 is 0 Å². The second-order valence-corrected chi connectivity index (χ2v) is 6.06. The number of hydrogen-bond acceptors (Lipinski definition) is 6. The molecule has 1 aromatic rings. The van der Waals surface area contributed by atoms with Crippen LogP contribution < -0.4 is 0 Å². The molecule has 0 spiro atoms. The zero-order chi connectivity index (χ0) is 18.4. The molecule has 0 fully saturated rings. The second kappa shape index (κ2) is 8.65. The van der Waals surface area contributed by atoms with Crippen LogP contribution in [0.2, 0.25) is 0 Å². The Labute approximate surface area is 147 Å². The minimum Gasteiger partial charge on any atom is -0.468 e. The van der Waals surface area contributed by atoms with Crippen molar-refractivity contribution in [3.05, 3.63) is 35.4 Å². The zero-order valence-electron chi connectivity index (χ0n) is 14.8. The molecule has 136 valence electrons. The van der Waals surface area contributed by atoms with E-state index in [-0.39, 0.29) is 18.3 Å². The fraction of sp³-hybridized carbons (Fsp3) is 0.526. The average molecular weight is 348 g/mol. The highest BCUT2D eigenvalue weighted by Gasteiger charge is 2.45. The lowest BCUT2D eigenvalue weighted by atomic mass is 9.68. The van der Waals surface area contributed by atoms with E-state index in [1.807, 2.05) is 24.3 Å². The van der Waals surface area contributed by atoms with Gasteiger partial charge in [-0.25, -0.2) is 0 Å². The summed E-state index contributed by atoms with van der Waals surface area (Å²) >= 11 is 0. The molecule has 0 bridgehead atoms. The van der Waals surface area contributed by atoms with Crippen molar-refractivity contribution in [2.75, 3.05) is 20.8 Å². The van der Waals surface area contributed by atoms with Crippen LogP contribution in [0.25, 0.3) is 0 Å². The molecule has 2 unspecified atom stereocenters. The lowest BCUT2D eigenvalue weighted by Crippen LogP contribution is -2.38. The summed E-state index contributed by atoms with van der Waals surface area (Å²) < 4.78 is 14.8. The maximum absolute atomic E-state index is 12.3. The molecule has 1 aromatic carbocycles. The van der Waals surface area contributed by atoms with Crippen molar-refractivity contribution in [1.82, 2.24) is 0 Å². The van der Waals surface area contributed by atoms with Gasteiger partial charge in [0, 0.05) is 12.3 Å². The number of methoxy groups -OCH3 is 2. The van der Waals surface area contributed by atoms with Gasteiger partial charge >= 0.3 is 17.9 Å². The molecule has 0 radical (unpaired) electrons. The van der Waals surface area contributed by atoms with Gasteiger partial charge in [0.05, 0.1) is 20.8 Å². The highest BCUT2D eigenvalue weighted by atomic mass is 16.5. The number of aryl methyl sites for hydroxylation is 1. The van der Waals surface area contributed by atoms with E-state index < -0.39 is 23.8 Å². The van der Waals surface area contributed by atoms with Gasteiger partial charge in [-0.2, -0.15) is 0 Å². The van der Waals surface area contributed by atoms with Crippen molar-refractivity contribution in [2.24, 2.45) is 11.8 Å². The van der Waals surface area contributed by atoms with Gasteiger partial charge < -0.3 is 14.2 Å². The third-order valence-corrected chi connectivity index (χ3v) is 4.71. The number of carbonyl (C=O) groups is 3. The standard InChI is InChI=1S/C19H24O6/c1-4-25-15(20)11-13-10-9-12-7-5-6-8-14(12)16(13)17(18(21)23-2)19(22)24-3/h5-8,13,16-17H,4,9-11H2,1-3H3. The molecule has 2 atom stereocenters. The largest absolute Gasteiger partial charge is 0.468 e. The Kier molecular flexibility index (Phi) is 6.56. The Morgan fingerprint density at radius 1 is 1.12 bits per heavy atom. The molecule has 6 heteroatoms. The molecule has 0 saturated carbocycles. The van der Waals surface area contributed by atoms with Crippen LogP contribution in [0.1, 0.15) is 36.8 Å². The topological polar surface area (TPSA) is 78.9 Å². The van der Waals surface area contributed by atoms with Crippen LogP contribution in [0.4, 0.5) is 0 Å². The average Bonchev–Trinajstić information content (AvgIpc) is 2.63. The van der Waals surface area contributed by atoms with Crippen LogP contribution in [0.3, 0.4) is 0 Å². The summed E-state index contributed by atoms with van der Waals surface area (Å²) in [4.78, 5) is 36.7. The van der Waals surface area contributed by atoms with E-state index in [1.54, 1.807) is 6.92 Å². The Balaban J connectivity index is 2.44. The molecule has 0 aliphatic heterocycles. The minimum atomic E-state index is -1.10. The maximum atomic E-state index is 12.3. The predicted molar refractivity (Wildman–Crippen MR) is 89.8 cm³/mol. The molecule has 0 saturated heterocycles. The highest BCUT2D eigenvalue weighted by molar-refractivity contribution is 5.96. The molecule has 1 aliphatic rings. The second-order valence-electron chi connectivity index (χ2n) is 6.06. The summed E-state index contributed by atoms with van der Waals surface area (Å²) in [7, 11) is 2.49. The molecule has 0 aromatic heterocycles. The van der Waals surface area contributed by atoms with E-state index in [1.165, 1.54) is 14.2 Å². The molecular formula is C19H24O6. The van der Waals surface area contributed by atoms with E-state index in [9.17, 15) is 14.4 Å². The van der Waals surface area contributed by atoms with Crippen LogP contribution >= 0.6 is 0 Å². The lowest BCUT2D eigenvalue weighted by Gasteiger charge is -2.36. The van der Waals surface area contributed by atoms with Crippen molar-refractivity contribution in [1.29, 1.82) is 0 Å². The number of hydrogen-bond donors (Lipinski definition) is 0. The Hall–Kier alpha value is -2.37. The predicted octanol–water partition coefficient (Wildman–Crippen LogP) is 2.25. The van der Waals surface area contributed by atoms with E-state index in [0.717, 1.165) is 17.5 Å². The Bertz CT molecular complexity index is 623. The molecule has 2 rings (SSSR count). The van der Waals surface area contributed by atoms with Gasteiger partial charge in [0.2, 0.25) is 0 Å². The van der Waals surface area contributed by atoms with Gasteiger partial charge in [-0.05, 0) is 36.8 Å². The van der Waals surface area contributed by atoms with E-state index in [2.05, 4.69) is 0 Å². The maximum Gasteiger partial charge on any atom is 0.320 e. The fourth-order valence-electron chi connectivity index (χ4n) is 3.62. The van der Waals surface area contributed by atoms with Gasteiger partial charge in [-0.1, -0.05) is 24.3 Å². The first-order chi connectivity index (χ1) is 12.0. The summed E-state index contributed by atoms with van der Waals surface area (Å²) in [6, 6.07) is 7.67. The fourth-order valence-corrected chi connectivity index (χ4v) is 3.62. The molecule has 25 heavy (non-hydrogen) atoms. The monoisotopic (exact) mass is 348 g/mol. The SMILES string of the molecule is CCOC(=O)CC1CCc2ccccc2C1C(C(=O)OC)C(=O)OC. The Morgan fingerprint density at radius 3 is 2.36 bits per heavy atom. The number of carbonyl (C=O) groups excluding carboxylic acids is 3. The summed E-state index contributed by atoms with van der Waals surface area (Å²) in [5.41, 5.74) is 1.97. The molecule has 1 aliphatic carbocycles. The van der Waals surface area contributed by atoms with Gasteiger partial charge in [-0.15, -0.1) is 0 Å². The van der Waals surface area contributed by atoms with Crippen LogP contribution in [-0.4, -0.2) is 38.7 Å². The van der Waals surface area contributed by atoms with Gasteiger partial charge in [0.15, 0.2) is 5.92 Å². The van der Waals surface area contributed by atoms with Crippen molar-refractivity contribution < 1.29 is 28.6 Å². The van der Waals surface area contributed by atoms with Crippen molar-refractivity contribution >= 4 is 17.9 Å². The molecule has 0 N–H and O–H groups in total. The number of benzene rings is 1. The minimum absolute atomic E-state index is 0.150. The number of rotatable bonds is 6. The Morgan fingerprint density at radius 2 is 1.76 bits per heavy atom. The molecule has 0 amide bonds. The van der Waals surface area contributed by atoms with Gasteiger partial charge in [0.1, 0.15) is 0 Å². The van der Waals surface area contributed by atoms with Crippen LogP contribution in [0.5, 0.6) is 0 Å². The molecular weight excluding hydrogens is 324 g/mol. The quantitative estimate of drug-likeness (QED) is 0.446. The number of fused-ring (bicyclic) bond motifs is 1. The first-order valence-electron chi connectivity index (χ1n) is 8.42. The summed E-state index contributed by atoms with van der Waals surface area (Å²) in [5, 5.41) is 0. The lowest BCUT2D eigenvalue weighted by molar-refractivity contribution is -0.162. The summed E-state index contributed by atoms with van der Waals surface area (Å²) in [6.07, 6.45) is 1.62. The first kappa shape index (κ1) is 19.0. The molecule has 6 nitrogen and oxygen atoms in total. The van der Waals surface area contributed by atoms with Crippen molar-refractivity contribution in [2.45, 2.75) is 32.1 Å². The van der Waals surface area contributed by atoms with Crippen LogP contribution in [0, 0.1) is 11.8 Å². The van der Waals surface area contributed by atoms with Crippen molar-refractivity contribution in [3.63, 3.8) is 0 Å². The third kappa shape index (κ3) is 4.18. The van der Waals surface area contributed by atoms with E-state index in [4.69, 9.17) is 14.2 Å². The number of ether oxygens (including phenoxy) is 3. The normalized spacial score (nSPS) is 19.0. The number of esters is 3. The van der Waals surface area contributed by atoms with E-state index in [0.29, 0.717) is 13.0 Å². The van der Waals surface area contributed by atoms with Crippen LogP contribution in [0.15, 0.2) is 24.3 Å². The van der Waals surface area contributed by atoms with Crippen LogP contribution in [-0.2, 0) is 35.0 Å². The summed E-state index contributed by atoms with van der Waals surface area (Å²) in [5.74, 6) is -3.41. The highest BCUT2D eigenvalue weighted by Crippen LogP contribution is 2.43.